The Kier molecular flexibility index (Phi) is 22.3. The highest BCUT2D eigenvalue weighted by Crippen LogP contribution is 2.31. The standard InChI is InChI=1S/C48H68F3N5O13S/c1-33-18-19-52-40(28-33)56(44(60)69-47(8,9)10)21-11-12-22-66-39-17-16-34(29-37(39)54-41(57)32-65-27-26-64-25-24-63-23-20-53-43(59)68-46(5,6)7)30-38(42(58)67-45(2,3)4)55-70(61,62)36-15-13-14-35(31-36)48(49,50)51/h13-19,28-29,31,38,55H,11-12,20-27,30,32H2,1-10H3,(H,53,59)(H,54,57)/t38-/m0/s1. The number of aromatic nitrogens is 1. The van der Waals surface area contributed by atoms with Crippen LogP contribution in [0.25, 0.3) is 0 Å². The number of pyridine rings is 1. The Labute approximate surface area is 408 Å². The highest BCUT2D eigenvalue weighted by Gasteiger charge is 2.34. The minimum atomic E-state index is -4.83. The molecule has 0 aliphatic carbocycles. The van der Waals surface area contributed by atoms with Crippen LogP contribution in [0.2, 0.25) is 0 Å². The van der Waals surface area contributed by atoms with Gasteiger partial charge in [-0.2, -0.15) is 17.9 Å². The van der Waals surface area contributed by atoms with Gasteiger partial charge in [-0.05, 0) is 142 Å². The monoisotopic (exact) mass is 1010 g/mol. The molecule has 0 radical (unpaired) electrons. The van der Waals surface area contributed by atoms with Crippen LogP contribution in [-0.4, -0.2) is 120 Å². The van der Waals surface area contributed by atoms with E-state index in [0.29, 0.717) is 30.3 Å². The molecule has 3 aromatic rings. The van der Waals surface area contributed by atoms with Crippen molar-refractivity contribution in [2.45, 2.75) is 122 Å². The van der Waals surface area contributed by atoms with Gasteiger partial charge in [-0.3, -0.25) is 14.5 Å². The van der Waals surface area contributed by atoms with E-state index in [1.165, 1.54) is 23.1 Å². The van der Waals surface area contributed by atoms with Gasteiger partial charge in [-0.25, -0.2) is 23.0 Å². The lowest BCUT2D eigenvalue weighted by Gasteiger charge is -2.27. The third-order valence-corrected chi connectivity index (χ3v) is 10.4. The number of carbonyl (C=O) groups is 4. The van der Waals surface area contributed by atoms with E-state index in [1.807, 2.05) is 13.0 Å². The van der Waals surface area contributed by atoms with Gasteiger partial charge in [0.25, 0.3) is 0 Å². The van der Waals surface area contributed by atoms with Crippen LogP contribution in [0.15, 0.2) is 65.7 Å². The molecule has 0 saturated carbocycles. The molecule has 390 valence electrons. The number of ether oxygens (including phenoxy) is 7. The third-order valence-electron chi connectivity index (χ3n) is 8.94. The maximum Gasteiger partial charge on any atom is 0.416 e. The topological polar surface area (TPSA) is 219 Å². The minimum absolute atomic E-state index is 0.0407. The summed E-state index contributed by atoms with van der Waals surface area (Å²) in [6.45, 7) is 18.2. The average Bonchev–Trinajstić information content (AvgIpc) is 3.22. The lowest BCUT2D eigenvalue weighted by Crippen LogP contribution is -2.45. The normalized spacial score (nSPS) is 12.7. The van der Waals surface area contributed by atoms with Crippen LogP contribution < -0.4 is 25.0 Å². The molecule has 0 aliphatic rings. The molecule has 70 heavy (non-hydrogen) atoms. The summed E-state index contributed by atoms with van der Waals surface area (Å²) in [6.07, 6.45) is -3.84. The molecular formula is C48H68F3N5O13S. The van der Waals surface area contributed by atoms with Crippen molar-refractivity contribution in [2.24, 2.45) is 0 Å². The smallest absolute Gasteiger partial charge is 0.416 e. The number of amides is 3. The molecule has 0 fully saturated rings. The van der Waals surface area contributed by atoms with Gasteiger partial charge in [-0.1, -0.05) is 12.1 Å². The molecule has 22 heteroatoms. The first-order valence-corrected chi connectivity index (χ1v) is 24.1. The number of sulfonamides is 1. The summed E-state index contributed by atoms with van der Waals surface area (Å²) >= 11 is 0. The Morgan fingerprint density at radius 3 is 2.01 bits per heavy atom. The Hall–Kier alpha value is -5.55. The van der Waals surface area contributed by atoms with Crippen LogP contribution in [0.3, 0.4) is 0 Å². The molecule has 18 nitrogen and oxygen atoms in total. The molecule has 0 spiro atoms. The number of hydrogen-bond acceptors (Lipinski definition) is 14. The Morgan fingerprint density at radius 1 is 0.743 bits per heavy atom. The van der Waals surface area contributed by atoms with Crippen molar-refractivity contribution >= 4 is 45.6 Å². The molecule has 2 aromatic carbocycles. The summed E-state index contributed by atoms with van der Waals surface area (Å²) in [5.74, 6) is -0.991. The lowest BCUT2D eigenvalue weighted by atomic mass is 10.0. The number of nitrogens with zero attached hydrogens (tertiary/aromatic N) is 2. The number of rotatable bonds is 25. The number of benzene rings is 2. The molecule has 0 saturated heterocycles. The number of halogens is 3. The maximum atomic E-state index is 13.5. The fourth-order valence-electron chi connectivity index (χ4n) is 5.97. The predicted molar refractivity (Wildman–Crippen MR) is 254 cm³/mol. The van der Waals surface area contributed by atoms with Crippen molar-refractivity contribution in [3.05, 3.63) is 77.5 Å². The van der Waals surface area contributed by atoms with Gasteiger partial charge in [0, 0.05) is 19.3 Å². The zero-order valence-electron chi connectivity index (χ0n) is 41.6. The molecule has 3 amide bonds. The predicted octanol–water partition coefficient (Wildman–Crippen LogP) is 7.75. The first-order valence-electron chi connectivity index (χ1n) is 22.6. The van der Waals surface area contributed by atoms with Gasteiger partial charge >= 0.3 is 24.3 Å². The number of alkyl carbamates (subject to hydrolysis) is 1. The highest BCUT2D eigenvalue weighted by molar-refractivity contribution is 7.89. The number of aryl methyl sites for hydroxylation is 1. The quantitative estimate of drug-likeness (QED) is 0.0420. The number of carbonyl (C=O) groups excluding carboxylic acids is 4. The Morgan fingerprint density at radius 2 is 1.39 bits per heavy atom. The summed E-state index contributed by atoms with van der Waals surface area (Å²) in [5.41, 5.74) is -2.31. The van der Waals surface area contributed by atoms with E-state index in [4.69, 9.17) is 33.2 Å². The van der Waals surface area contributed by atoms with E-state index in [0.717, 1.165) is 23.8 Å². The van der Waals surface area contributed by atoms with E-state index >= 15 is 0 Å². The van der Waals surface area contributed by atoms with Crippen LogP contribution in [0, 0.1) is 6.92 Å². The van der Waals surface area contributed by atoms with E-state index in [9.17, 15) is 40.8 Å². The van der Waals surface area contributed by atoms with Crippen molar-refractivity contribution in [3.8, 4) is 5.75 Å². The van der Waals surface area contributed by atoms with Gasteiger partial charge < -0.3 is 43.8 Å². The van der Waals surface area contributed by atoms with Crippen molar-refractivity contribution in [1.82, 2.24) is 15.0 Å². The van der Waals surface area contributed by atoms with E-state index in [1.54, 1.807) is 74.6 Å². The molecule has 1 atom stereocenters. The molecule has 0 unspecified atom stereocenters. The van der Waals surface area contributed by atoms with E-state index < -0.39 is 80.2 Å². The average molecular weight is 1010 g/mol. The van der Waals surface area contributed by atoms with E-state index in [-0.39, 0.29) is 70.6 Å². The number of nitrogens with one attached hydrogen (secondary N) is 3. The summed E-state index contributed by atoms with van der Waals surface area (Å²) in [4.78, 5) is 56.8. The van der Waals surface area contributed by atoms with Gasteiger partial charge in [-0.15, -0.1) is 0 Å². The summed E-state index contributed by atoms with van der Waals surface area (Å²) in [7, 11) is -4.72. The second-order valence-electron chi connectivity index (χ2n) is 18.9. The van der Waals surface area contributed by atoms with Crippen LogP contribution >= 0.6 is 0 Å². The van der Waals surface area contributed by atoms with Gasteiger partial charge in [0.1, 0.15) is 41.0 Å². The SMILES string of the molecule is Cc1ccnc(N(CCCCOc2ccc(C[C@H](NS(=O)(=O)c3cccc(C(F)(F)F)c3)C(=O)OC(C)(C)C)cc2NC(=O)COCCOCCOCCNC(=O)OC(C)(C)C)C(=O)OC(C)(C)C)c1. The molecule has 3 N–H and O–H groups in total. The molecule has 0 bridgehead atoms. The largest absolute Gasteiger partial charge is 0.491 e. The molecule has 1 aromatic heterocycles. The summed E-state index contributed by atoms with van der Waals surface area (Å²) < 4.78 is 109. The fraction of sp³-hybridized carbons (Fsp3) is 0.562. The minimum Gasteiger partial charge on any atom is -0.491 e. The summed E-state index contributed by atoms with van der Waals surface area (Å²) in [5, 5.41) is 5.31. The summed E-state index contributed by atoms with van der Waals surface area (Å²) in [6, 6.07) is 9.54. The number of esters is 1. The highest BCUT2D eigenvalue weighted by atomic mass is 32.2. The lowest BCUT2D eigenvalue weighted by molar-refractivity contribution is -0.157. The van der Waals surface area contributed by atoms with Gasteiger partial charge in [0.15, 0.2) is 0 Å². The van der Waals surface area contributed by atoms with Gasteiger partial charge in [0.2, 0.25) is 15.9 Å². The second-order valence-corrected chi connectivity index (χ2v) is 20.6. The zero-order chi connectivity index (χ0) is 52.3. The zero-order valence-corrected chi connectivity index (χ0v) is 42.4. The molecule has 1 heterocycles. The van der Waals surface area contributed by atoms with Crippen molar-refractivity contribution < 1.29 is 73.9 Å². The van der Waals surface area contributed by atoms with Crippen LogP contribution in [0.1, 0.15) is 91.8 Å². The number of hydrogen-bond donors (Lipinski definition) is 3. The van der Waals surface area contributed by atoms with Gasteiger partial charge in [0.05, 0.1) is 55.8 Å². The first kappa shape index (κ1) is 58.8. The van der Waals surface area contributed by atoms with Crippen LogP contribution in [0.5, 0.6) is 5.75 Å². The number of alkyl halides is 3. The molecular weight excluding hydrogens is 944 g/mol. The van der Waals surface area contributed by atoms with Crippen LogP contribution in [0.4, 0.5) is 34.3 Å². The third kappa shape index (κ3) is 22.9. The van der Waals surface area contributed by atoms with Crippen molar-refractivity contribution in [3.63, 3.8) is 0 Å². The van der Waals surface area contributed by atoms with Crippen molar-refractivity contribution in [2.75, 3.05) is 69.6 Å². The maximum absolute atomic E-state index is 13.5. The molecule has 3 rings (SSSR count). The van der Waals surface area contributed by atoms with Crippen LogP contribution in [-0.2, 0) is 60.6 Å². The Balaban J connectivity index is 1.74. The second kappa shape index (κ2) is 26.6. The fourth-order valence-corrected chi connectivity index (χ4v) is 7.20. The first-order chi connectivity index (χ1) is 32.5. The van der Waals surface area contributed by atoms with Crippen molar-refractivity contribution in [1.29, 1.82) is 0 Å². The Bertz CT molecular complexity index is 2300. The number of unbranched alkanes of at least 4 members (excludes halogenated alkanes) is 1. The molecule has 0 aliphatic heterocycles. The van der Waals surface area contributed by atoms with E-state index in [2.05, 4.69) is 20.3 Å². The number of anilines is 2.